The number of nitrogens with zero attached hydrogens (tertiary/aromatic N) is 2. The van der Waals surface area contributed by atoms with Gasteiger partial charge in [-0.2, -0.15) is 0 Å². The van der Waals surface area contributed by atoms with E-state index in [9.17, 15) is 9.90 Å². The molecule has 0 unspecified atom stereocenters. The molecule has 2 heterocycles. The Bertz CT molecular complexity index is 885. The molecular formula is C26H38N2O4S. The summed E-state index contributed by atoms with van der Waals surface area (Å²) in [7, 11) is 0. The number of aryl methyl sites for hydroxylation is 1. The number of fused-ring (bicyclic) bond motifs is 1. The third-order valence-corrected chi connectivity index (χ3v) is 6.89. The lowest BCUT2D eigenvalue weighted by Crippen LogP contribution is -2.48. The molecule has 2 atom stereocenters. The number of thiophene rings is 1. The fourth-order valence-corrected chi connectivity index (χ4v) is 5.18. The SMILES string of the molecule is CCCN(CC(=O)N1CCc2sccc2[C@@H]1COc1ccccc1C)C[C@@H](O)COC(C)C. The fraction of sp³-hybridized carbons (Fsp3) is 0.577. The van der Waals surface area contributed by atoms with Crippen LogP contribution in [0.25, 0.3) is 0 Å². The maximum Gasteiger partial charge on any atom is 0.237 e. The van der Waals surface area contributed by atoms with Crippen LogP contribution < -0.4 is 4.74 Å². The van der Waals surface area contributed by atoms with Gasteiger partial charge in [-0.3, -0.25) is 9.69 Å². The topological polar surface area (TPSA) is 62.2 Å². The number of ether oxygens (including phenoxy) is 2. The van der Waals surface area contributed by atoms with Gasteiger partial charge in [0, 0.05) is 18.0 Å². The summed E-state index contributed by atoms with van der Waals surface area (Å²) in [5, 5.41) is 12.5. The Hall–Kier alpha value is -1.93. The summed E-state index contributed by atoms with van der Waals surface area (Å²) in [4.78, 5) is 18.8. The van der Waals surface area contributed by atoms with Gasteiger partial charge in [0.05, 0.1) is 31.4 Å². The van der Waals surface area contributed by atoms with Crippen LogP contribution in [0.2, 0.25) is 0 Å². The minimum Gasteiger partial charge on any atom is -0.491 e. The van der Waals surface area contributed by atoms with Gasteiger partial charge in [-0.05, 0) is 68.8 Å². The number of carbonyl (C=O) groups excluding carboxylic acids is 1. The highest BCUT2D eigenvalue weighted by atomic mass is 32.1. The Morgan fingerprint density at radius 3 is 2.82 bits per heavy atom. The molecule has 0 saturated heterocycles. The Morgan fingerprint density at radius 2 is 2.09 bits per heavy atom. The number of para-hydroxylation sites is 1. The first kappa shape index (κ1) is 25.7. The molecule has 1 N–H and O–H groups in total. The van der Waals surface area contributed by atoms with Crippen LogP contribution in [-0.4, -0.2) is 72.4 Å². The second kappa shape index (κ2) is 12.5. The first-order valence-corrected chi connectivity index (χ1v) is 12.8. The number of aliphatic hydroxyl groups excluding tert-OH is 1. The Kier molecular flexibility index (Phi) is 9.74. The van der Waals surface area contributed by atoms with Crippen LogP contribution in [0, 0.1) is 6.92 Å². The van der Waals surface area contributed by atoms with Gasteiger partial charge in [-0.1, -0.05) is 25.1 Å². The quantitative estimate of drug-likeness (QED) is 0.503. The summed E-state index contributed by atoms with van der Waals surface area (Å²) in [6.07, 6.45) is 1.25. The average Bonchev–Trinajstić information content (AvgIpc) is 3.26. The molecule has 33 heavy (non-hydrogen) atoms. The van der Waals surface area contributed by atoms with Crippen molar-refractivity contribution in [3.05, 3.63) is 51.7 Å². The van der Waals surface area contributed by atoms with Gasteiger partial charge >= 0.3 is 0 Å². The van der Waals surface area contributed by atoms with Crippen LogP contribution in [0.4, 0.5) is 0 Å². The molecule has 1 aromatic carbocycles. The number of amides is 1. The van der Waals surface area contributed by atoms with E-state index in [0.717, 1.165) is 30.7 Å². The van der Waals surface area contributed by atoms with Crippen molar-refractivity contribution >= 4 is 17.2 Å². The maximum absolute atomic E-state index is 13.5. The zero-order valence-corrected chi connectivity index (χ0v) is 21.1. The van der Waals surface area contributed by atoms with E-state index in [-0.39, 0.29) is 31.2 Å². The molecule has 0 radical (unpaired) electrons. The molecule has 0 fully saturated rings. The van der Waals surface area contributed by atoms with E-state index >= 15 is 0 Å². The molecule has 0 spiro atoms. The lowest BCUT2D eigenvalue weighted by molar-refractivity contribution is -0.136. The van der Waals surface area contributed by atoms with Crippen LogP contribution in [0.15, 0.2) is 35.7 Å². The van der Waals surface area contributed by atoms with Crippen molar-refractivity contribution < 1.29 is 19.4 Å². The normalized spacial score (nSPS) is 16.8. The zero-order valence-electron chi connectivity index (χ0n) is 20.3. The average molecular weight is 475 g/mol. The predicted molar refractivity (Wildman–Crippen MR) is 133 cm³/mol. The first-order chi connectivity index (χ1) is 15.9. The molecule has 0 bridgehead atoms. The van der Waals surface area contributed by atoms with E-state index in [1.54, 1.807) is 11.3 Å². The van der Waals surface area contributed by atoms with Crippen molar-refractivity contribution in [2.24, 2.45) is 0 Å². The van der Waals surface area contributed by atoms with Crippen LogP contribution in [-0.2, 0) is 16.0 Å². The first-order valence-electron chi connectivity index (χ1n) is 11.9. The van der Waals surface area contributed by atoms with Gasteiger partial charge in [-0.15, -0.1) is 11.3 Å². The van der Waals surface area contributed by atoms with Crippen LogP contribution >= 0.6 is 11.3 Å². The summed E-state index contributed by atoms with van der Waals surface area (Å²) < 4.78 is 11.7. The molecule has 1 aromatic heterocycles. The maximum atomic E-state index is 13.5. The number of hydrogen-bond acceptors (Lipinski definition) is 6. The van der Waals surface area contributed by atoms with Crippen molar-refractivity contribution in [3.63, 3.8) is 0 Å². The molecule has 0 saturated carbocycles. The number of benzene rings is 1. The molecule has 2 aromatic rings. The van der Waals surface area contributed by atoms with Gasteiger partial charge in [0.1, 0.15) is 12.4 Å². The van der Waals surface area contributed by atoms with Crippen LogP contribution in [0.5, 0.6) is 5.75 Å². The van der Waals surface area contributed by atoms with E-state index < -0.39 is 6.10 Å². The van der Waals surface area contributed by atoms with E-state index in [4.69, 9.17) is 9.47 Å². The zero-order chi connectivity index (χ0) is 23.8. The molecule has 7 heteroatoms. The van der Waals surface area contributed by atoms with Crippen LogP contribution in [0.3, 0.4) is 0 Å². The summed E-state index contributed by atoms with van der Waals surface area (Å²) in [5.41, 5.74) is 2.28. The summed E-state index contributed by atoms with van der Waals surface area (Å²) in [6.45, 7) is 10.9. The molecule has 1 aliphatic rings. The van der Waals surface area contributed by atoms with E-state index in [1.807, 2.05) is 54.8 Å². The largest absolute Gasteiger partial charge is 0.491 e. The van der Waals surface area contributed by atoms with Gasteiger partial charge in [-0.25, -0.2) is 0 Å². The number of aliphatic hydroxyl groups is 1. The van der Waals surface area contributed by atoms with Gasteiger partial charge < -0.3 is 19.5 Å². The van der Waals surface area contributed by atoms with Gasteiger partial charge in [0.25, 0.3) is 0 Å². The highest BCUT2D eigenvalue weighted by Gasteiger charge is 2.33. The number of carbonyl (C=O) groups is 1. The fourth-order valence-electron chi connectivity index (χ4n) is 4.25. The lowest BCUT2D eigenvalue weighted by Gasteiger charge is -2.37. The highest BCUT2D eigenvalue weighted by Crippen LogP contribution is 2.34. The van der Waals surface area contributed by atoms with Crippen molar-refractivity contribution in [3.8, 4) is 5.75 Å². The Labute approximate surface area is 202 Å². The predicted octanol–water partition coefficient (Wildman–Crippen LogP) is 4.06. The summed E-state index contributed by atoms with van der Waals surface area (Å²) in [6, 6.07) is 10.00. The minimum atomic E-state index is -0.614. The second-order valence-corrected chi connectivity index (χ2v) is 10.0. The van der Waals surface area contributed by atoms with Crippen molar-refractivity contribution in [1.29, 1.82) is 0 Å². The molecule has 1 aliphatic heterocycles. The van der Waals surface area contributed by atoms with Gasteiger partial charge in [0.2, 0.25) is 5.91 Å². The number of hydrogen-bond donors (Lipinski definition) is 1. The third-order valence-electron chi connectivity index (χ3n) is 5.90. The Morgan fingerprint density at radius 1 is 1.30 bits per heavy atom. The van der Waals surface area contributed by atoms with Crippen molar-refractivity contribution in [2.45, 2.75) is 58.8 Å². The monoisotopic (exact) mass is 474 g/mol. The minimum absolute atomic E-state index is 0.0723. The molecule has 3 rings (SSSR count). The lowest BCUT2D eigenvalue weighted by atomic mass is 10.00. The molecular weight excluding hydrogens is 436 g/mol. The van der Waals surface area contributed by atoms with Crippen molar-refractivity contribution in [1.82, 2.24) is 9.80 Å². The molecule has 182 valence electrons. The molecule has 0 aliphatic carbocycles. The summed E-state index contributed by atoms with van der Waals surface area (Å²) >= 11 is 1.75. The smallest absolute Gasteiger partial charge is 0.237 e. The third kappa shape index (κ3) is 7.27. The standard InChI is InChI=1S/C26H38N2O4S/c1-5-12-27(15-21(29)17-31-19(2)3)16-26(30)28-13-10-25-22(11-14-33-25)23(28)18-32-24-9-7-6-8-20(24)4/h6-9,11,14,19,21,23,29H,5,10,12-13,15-18H2,1-4H3/t21-,23+/m1/s1. The van der Waals surface area contributed by atoms with E-state index in [2.05, 4.69) is 18.4 Å². The van der Waals surface area contributed by atoms with E-state index in [1.165, 1.54) is 10.4 Å². The van der Waals surface area contributed by atoms with Crippen molar-refractivity contribution in [2.75, 3.05) is 39.4 Å². The molecule has 1 amide bonds. The summed E-state index contributed by atoms with van der Waals surface area (Å²) in [5.74, 6) is 0.934. The Balaban J connectivity index is 1.68. The second-order valence-electron chi connectivity index (χ2n) is 9.00. The van der Waals surface area contributed by atoms with E-state index in [0.29, 0.717) is 19.7 Å². The molecule has 6 nitrogen and oxygen atoms in total. The highest BCUT2D eigenvalue weighted by molar-refractivity contribution is 7.10. The number of rotatable bonds is 12. The van der Waals surface area contributed by atoms with Crippen LogP contribution in [0.1, 0.15) is 49.2 Å². The van der Waals surface area contributed by atoms with Gasteiger partial charge in [0.15, 0.2) is 0 Å².